The molecule has 0 saturated carbocycles. The number of alkyl halides is 13. The van der Waals surface area contributed by atoms with Crippen LogP contribution in [0, 0.1) is 0 Å². The molecule has 0 aromatic rings. The largest absolute Gasteiger partial charge is 0.460 e. The summed E-state index contributed by atoms with van der Waals surface area (Å²) in [7, 11) is -15.6. The molecule has 1 N–H and O–H groups in total. The van der Waals surface area contributed by atoms with Crippen molar-refractivity contribution in [2.24, 2.45) is 0 Å². The van der Waals surface area contributed by atoms with Crippen LogP contribution >= 0.6 is 0 Å². The highest BCUT2D eigenvalue weighted by Crippen LogP contribution is 2.54. The summed E-state index contributed by atoms with van der Waals surface area (Å²) >= 11 is 0. The zero-order chi connectivity index (χ0) is 21.8. The van der Waals surface area contributed by atoms with E-state index >= 15 is 0 Å². The van der Waals surface area contributed by atoms with Crippen LogP contribution in [0.5, 0.6) is 0 Å². The lowest BCUT2D eigenvalue weighted by Gasteiger charge is -2.33. The summed E-state index contributed by atoms with van der Waals surface area (Å²) in [5.41, 5.74) is 0. The monoisotopic (exact) mass is 463 g/mol. The molecule has 0 fully saturated rings. The smallest absolute Gasteiger partial charge is 0.205 e. The summed E-state index contributed by atoms with van der Waals surface area (Å²) in [6, 6.07) is 0. The van der Waals surface area contributed by atoms with Crippen molar-refractivity contribution in [1.29, 1.82) is 0 Å². The molecule has 0 spiro atoms. The lowest BCUT2D eigenvalue weighted by Crippen LogP contribution is -2.65. The van der Waals surface area contributed by atoms with Gasteiger partial charge in [-0.3, -0.25) is 0 Å². The van der Waals surface area contributed by atoms with Crippen LogP contribution in [-0.4, -0.2) is 51.8 Å². The molecular formula is C6H2F13NO4S2. The Balaban J connectivity index is 6.32. The second kappa shape index (κ2) is 6.24. The third kappa shape index (κ3) is 3.53. The van der Waals surface area contributed by atoms with E-state index in [4.69, 9.17) is 0 Å². The van der Waals surface area contributed by atoms with Gasteiger partial charge in [-0.05, 0) is 0 Å². The molecule has 158 valence electrons. The second-order valence-corrected chi connectivity index (χ2v) is 7.85. The van der Waals surface area contributed by atoms with E-state index in [1.807, 2.05) is 0 Å². The molecule has 0 aromatic heterocycles. The molecule has 0 unspecified atom stereocenters. The number of hydrogen-bond donors (Lipinski definition) is 1. The van der Waals surface area contributed by atoms with Crippen LogP contribution in [0.1, 0.15) is 0 Å². The Morgan fingerprint density at radius 1 is 0.615 bits per heavy atom. The van der Waals surface area contributed by atoms with Crippen molar-refractivity contribution in [2.75, 3.05) is 0 Å². The van der Waals surface area contributed by atoms with Crippen molar-refractivity contribution < 1.29 is 73.9 Å². The summed E-state index contributed by atoms with van der Waals surface area (Å²) in [6.45, 7) is 0. The van der Waals surface area contributed by atoms with Crippen LogP contribution in [0.15, 0.2) is 0 Å². The third-order valence-corrected chi connectivity index (χ3v) is 5.87. The quantitative estimate of drug-likeness (QED) is 0.589. The lowest BCUT2D eigenvalue weighted by molar-refractivity contribution is -0.382. The number of halogens is 13. The van der Waals surface area contributed by atoms with Crippen LogP contribution in [0.4, 0.5) is 57.1 Å². The molecular weight excluding hydrogens is 461 g/mol. The normalized spacial score (nSPS) is 16.2. The van der Waals surface area contributed by atoms with Gasteiger partial charge in [0, 0.05) is 0 Å². The Kier molecular flexibility index (Phi) is 5.99. The highest BCUT2D eigenvalue weighted by molar-refractivity contribution is 8.05. The average Bonchev–Trinajstić information content (AvgIpc) is 2.34. The number of nitrogens with one attached hydrogen (secondary N) is 1. The van der Waals surface area contributed by atoms with E-state index in [-0.39, 0.29) is 0 Å². The Hall–Kier alpha value is -1.05. The number of sulfonamides is 2. The standard InChI is InChI=1S/C6H2F13NO4S2/c7-1(8)2(9,10)25(21,22)20-26(23,24)6(18,19)4(13,14)3(11,12)5(15,16)17/h1,20H. The van der Waals surface area contributed by atoms with Crippen molar-refractivity contribution in [3.05, 3.63) is 0 Å². The van der Waals surface area contributed by atoms with E-state index in [1.54, 1.807) is 0 Å². The molecule has 0 aliphatic rings. The van der Waals surface area contributed by atoms with Gasteiger partial charge in [0.15, 0.2) is 0 Å². The summed E-state index contributed by atoms with van der Waals surface area (Å²) < 4.78 is 202. The summed E-state index contributed by atoms with van der Waals surface area (Å²) in [4.78, 5) is 0. The predicted octanol–water partition coefficient (Wildman–Crippen LogP) is 2.52. The summed E-state index contributed by atoms with van der Waals surface area (Å²) in [5, 5.41) is -14.2. The molecule has 0 saturated heterocycles. The topological polar surface area (TPSA) is 80.3 Å². The minimum atomic E-state index is -8.05. The predicted molar refractivity (Wildman–Crippen MR) is 52.8 cm³/mol. The van der Waals surface area contributed by atoms with Crippen LogP contribution in [-0.2, 0) is 20.0 Å². The van der Waals surface area contributed by atoms with Gasteiger partial charge in [-0.25, -0.2) is 25.6 Å². The molecule has 0 radical (unpaired) electrons. The van der Waals surface area contributed by atoms with E-state index in [9.17, 15) is 73.9 Å². The van der Waals surface area contributed by atoms with Gasteiger partial charge < -0.3 is 0 Å². The average molecular weight is 463 g/mol. The number of rotatable bonds is 7. The fraction of sp³-hybridized carbons (Fsp3) is 1.00. The minimum absolute atomic E-state index is 1.09. The molecule has 26 heavy (non-hydrogen) atoms. The fourth-order valence-electron chi connectivity index (χ4n) is 0.899. The Morgan fingerprint density at radius 2 is 0.962 bits per heavy atom. The molecule has 0 rings (SSSR count). The van der Waals surface area contributed by atoms with E-state index in [0.29, 0.717) is 0 Å². The van der Waals surface area contributed by atoms with Crippen molar-refractivity contribution in [2.45, 2.75) is 35.0 Å². The molecule has 0 heterocycles. The van der Waals surface area contributed by atoms with Crippen LogP contribution < -0.4 is 4.13 Å². The van der Waals surface area contributed by atoms with Gasteiger partial charge in [0.2, 0.25) is 0 Å². The zero-order valence-corrected chi connectivity index (χ0v) is 12.6. The van der Waals surface area contributed by atoms with Crippen LogP contribution in [0.3, 0.4) is 0 Å². The third-order valence-electron chi connectivity index (χ3n) is 2.29. The van der Waals surface area contributed by atoms with E-state index in [1.165, 1.54) is 0 Å². The Bertz CT molecular complexity index is 737. The van der Waals surface area contributed by atoms with Crippen LogP contribution in [0.25, 0.3) is 0 Å². The van der Waals surface area contributed by atoms with Gasteiger partial charge in [-0.2, -0.15) is 48.3 Å². The maximum absolute atomic E-state index is 13.0. The molecule has 20 heteroatoms. The zero-order valence-electron chi connectivity index (χ0n) is 10.9. The first-order valence-electron chi connectivity index (χ1n) is 5.04. The van der Waals surface area contributed by atoms with E-state index in [2.05, 4.69) is 0 Å². The van der Waals surface area contributed by atoms with E-state index in [0.717, 1.165) is 0 Å². The Labute approximate surface area is 134 Å². The molecule has 0 amide bonds. The molecule has 0 aromatic carbocycles. The first-order valence-corrected chi connectivity index (χ1v) is 8.00. The first kappa shape index (κ1) is 24.9. The summed E-state index contributed by atoms with van der Waals surface area (Å²) in [5.74, 6) is -15.8. The lowest BCUT2D eigenvalue weighted by atomic mass is 10.1. The maximum Gasteiger partial charge on any atom is 0.460 e. The highest BCUT2D eigenvalue weighted by Gasteiger charge is 2.85. The van der Waals surface area contributed by atoms with Gasteiger partial charge in [0.25, 0.3) is 20.0 Å². The van der Waals surface area contributed by atoms with Gasteiger partial charge in [0.1, 0.15) is 0 Å². The van der Waals surface area contributed by atoms with Crippen molar-refractivity contribution in [1.82, 2.24) is 4.13 Å². The summed E-state index contributed by atoms with van der Waals surface area (Å²) in [6.07, 6.45) is -12.8. The van der Waals surface area contributed by atoms with Crippen LogP contribution in [0.2, 0.25) is 0 Å². The van der Waals surface area contributed by atoms with Gasteiger partial charge in [0.05, 0.1) is 0 Å². The highest BCUT2D eigenvalue weighted by atomic mass is 32.3. The minimum Gasteiger partial charge on any atom is -0.205 e. The second-order valence-electron chi connectivity index (χ2n) is 4.12. The molecule has 0 aliphatic carbocycles. The maximum atomic E-state index is 13.0. The molecule has 0 aliphatic heterocycles. The molecule has 0 atom stereocenters. The molecule has 0 bridgehead atoms. The molecule has 5 nitrogen and oxygen atoms in total. The first-order chi connectivity index (χ1) is 10.9. The number of hydrogen-bond acceptors (Lipinski definition) is 4. The fourth-order valence-corrected chi connectivity index (χ4v) is 3.62. The van der Waals surface area contributed by atoms with Gasteiger partial charge in [-0.15, -0.1) is 0 Å². The van der Waals surface area contributed by atoms with Crippen molar-refractivity contribution in [3.8, 4) is 0 Å². The SMILES string of the molecule is O=S(=O)(NS(=O)(=O)C(F)(F)C(F)(F)C(F)(F)C(F)(F)F)C(F)(F)C(F)F. The van der Waals surface area contributed by atoms with E-state index < -0.39 is 59.1 Å². The van der Waals surface area contributed by atoms with Gasteiger partial charge in [-0.1, -0.05) is 4.13 Å². The van der Waals surface area contributed by atoms with Crippen molar-refractivity contribution in [3.63, 3.8) is 0 Å². The Morgan fingerprint density at radius 3 is 1.23 bits per heavy atom. The van der Waals surface area contributed by atoms with Gasteiger partial charge >= 0.3 is 35.0 Å². The van der Waals surface area contributed by atoms with Crippen molar-refractivity contribution >= 4 is 20.0 Å².